The molecule has 2 N–H and O–H groups in total. The minimum atomic E-state index is -3.86. The van der Waals surface area contributed by atoms with Crippen molar-refractivity contribution < 1.29 is 18.1 Å². The van der Waals surface area contributed by atoms with Crippen LogP contribution in [0.3, 0.4) is 0 Å². The highest BCUT2D eigenvalue weighted by molar-refractivity contribution is 8.13. The zero-order valence-electron chi connectivity index (χ0n) is 16.6. The van der Waals surface area contributed by atoms with Crippen molar-refractivity contribution in [2.45, 2.75) is 24.1 Å². The van der Waals surface area contributed by atoms with Crippen LogP contribution in [0, 0.1) is 0 Å². The van der Waals surface area contributed by atoms with Crippen LogP contribution >= 0.6 is 23.4 Å². The van der Waals surface area contributed by atoms with Gasteiger partial charge in [-0.2, -0.15) is 0 Å². The summed E-state index contributed by atoms with van der Waals surface area (Å²) < 4.78 is 30.4. The number of aliphatic hydroxyl groups is 1. The molecule has 6 nitrogen and oxygen atoms in total. The van der Waals surface area contributed by atoms with Crippen LogP contribution in [0.25, 0.3) is 0 Å². The summed E-state index contributed by atoms with van der Waals surface area (Å²) in [5.41, 5.74) is 0.0255. The second-order valence-corrected chi connectivity index (χ2v) is 10.1. The number of nitrogens with zero attached hydrogens (tertiary/aromatic N) is 2. The maximum absolute atomic E-state index is 12.9. The van der Waals surface area contributed by atoms with Gasteiger partial charge < -0.3 is 5.11 Å². The van der Waals surface area contributed by atoms with Crippen molar-refractivity contribution in [2.24, 2.45) is 0 Å². The van der Waals surface area contributed by atoms with Gasteiger partial charge in [-0.1, -0.05) is 48.0 Å². The quantitative estimate of drug-likeness (QED) is 0.656. The predicted octanol–water partition coefficient (Wildman–Crippen LogP) is 2.66. The number of halogens is 1. The highest BCUT2D eigenvalue weighted by atomic mass is 35.5. The Morgan fingerprint density at radius 3 is 2.55 bits per heavy atom. The van der Waals surface area contributed by atoms with Crippen LogP contribution in [0.1, 0.15) is 18.1 Å². The van der Waals surface area contributed by atoms with Gasteiger partial charge in [-0.3, -0.25) is 4.58 Å². The topological polar surface area (TPSA) is 72.6 Å². The van der Waals surface area contributed by atoms with E-state index in [1.807, 2.05) is 60.8 Å². The first-order valence-electron chi connectivity index (χ1n) is 9.19. The number of benzene rings is 2. The zero-order valence-corrected chi connectivity index (χ0v) is 19.0. The number of amidine groups is 1. The van der Waals surface area contributed by atoms with E-state index in [-0.39, 0.29) is 16.5 Å². The Hall–Kier alpha value is -1.58. The van der Waals surface area contributed by atoms with Crippen molar-refractivity contribution in [3.8, 4) is 0 Å². The number of nitrogens with one attached hydrogen (secondary N) is 1. The summed E-state index contributed by atoms with van der Waals surface area (Å²) in [5, 5.41) is 12.5. The molecule has 0 saturated carbocycles. The second kappa shape index (κ2) is 8.65. The third-order valence-electron chi connectivity index (χ3n) is 4.77. The molecule has 0 spiro atoms. The number of hydrogen-bond acceptors (Lipinski definition) is 4. The fourth-order valence-corrected chi connectivity index (χ4v) is 6.18. The summed E-state index contributed by atoms with van der Waals surface area (Å²) >= 11 is 7.76. The van der Waals surface area contributed by atoms with Gasteiger partial charge in [0, 0.05) is 12.1 Å². The first-order valence-corrected chi connectivity index (χ1v) is 12.0. The number of thioether (sulfide) groups is 1. The lowest BCUT2D eigenvalue weighted by atomic mass is 10.0. The van der Waals surface area contributed by atoms with E-state index in [0.717, 1.165) is 10.7 Å². The molecule has 2 aromatic carbocycles. The monoisotopic (exact) mass is 454 g/mol. The van der Waals surface area contributed by atoms with E-state index < -0.39 is 15.7 Å². The summed E-state index contributed by atoms with van der Waals surface area (Å²) in [6, 6.07) is 13.9. The van der Waals surface area contributed by atoms with E-state index in [2.05, 4.69) is 4.72 Å². The molecule has 1 aliphatic heterocycles. The molecular formula is C20H25ClN3O3S2+. The molecule has 0 bridgehead atoms. The Balaban J connectivity index is 1.95. The van der Waals surface area contributed by atoms with E-state index >= 15 is 0 Å². The molecule has 156 valence electrons. The SMILES string of the molecule is CCN1C(=[N+](C)C)SCC1(O)c1ccc(Cl)c(S(=O)(=O)NCc2ccccc2)c1. The van der Waals surface area contributed by atoms with Gasteiger partial charge >= 0.3 is 5.17 Å². The second-order valence-electron chi connectivity index (χ2n) is 6.98. The Morgan fingerprint density at radius 1 is 1.24 bits per heavy atom. The molecule has 1 fully saturated rings. The molecule has 1 unspecified atom stereocenters. The van der Waals surface area contributed by atoms with Crippen molar-refractivity contribution >= 4 is 38.6 Å². The third kappa shape index (κ3) is 4.46. The number of hydrogen-bond donors (Lipinski definition) is 2. The van der Waals surface area contributed by atoms with Gasteiger partial charge in [0.2, 0.25) is 15.7 Å². The summed E-state index contributed by atoms with van der Waals surface area (Å²) in [4.78, 5) is 1.83. The van der Waals surface area contributed by atoms with Crippen LogP contribution in [-0.2, 0) is 22.3 Å². The standard InChI is InChI=1S/C20H25ClN3O3S2/c1-4-24-19(23(2)3)28-14-20(24,25)16-10-11-17(21)18(12-16)29(26,27)22-13-15-8-6-5-7-9-15/h5-12,22,25H,4,13-14H2,1-3H3/q+1. The molecule has 9 heteroatoms. The average Bonchev–Trinajstić information content (AvgIpc) is 3.05. The molecule has 3 rings (SSSR count). The van der Waals surface area contributed by atoms with E-state index in [9.17, 15) is 13.5 Å². The third-order valence-corrected chi connectivity index (χ3v) is 8.04. The smallest absolute Gasteiger partial charge is 0.310 e. The van der Waals surface area contributed by atoms with Gasteiger partial charge in [0.05, 0.1) is 31.4 Å². The molecule has 29 heavy (non-hydrogen) atoms. The van der Waals surface area contributed by atoms with Crippen molar-refractivity contribution in [1.82, 2.24) is 9.62 Å². The number of sulfonamides is 1. The molecule has 0 amide bonds. The van der Waals surface area contributed by atoms with Crippen LogP contribution in [0.5, 0.6) is 0 Å². The molecule has 1 atom stereocenters. The van der Waals surface area contributed by atoms with Crippen molar-refractivity contribution in [2.75, 3.05) is 26.4 Å². The van der Waals surface area contributed by atoms with Crippen molar-refractivity contribution in [1.29, 1.82) is 0 Å². The molecule has 1 aliphatic rings. The van der Waals surface area contributed by atoms with Crippen LogP contribution < -0.4 is 4.72 Å². The molecule has 1 saturated heterocycles. The minimum Gasteiger partial charge on any atom is -0.349 e. The van der Waals surface area contributed by atoms with Crippen LogP contribution in [-0.4, -0.2) is 54.6 Å². The van der Waals surface area contributed by atoms with Crippen molar-refractivity contribution in [3.63, 3.8) is 0 Å². The van der Waals surface area contributed by atoms with Gasteiger partial charge in [0.25, 0.3) is 0 Å². The fraction of sp³-hybridized carbons (Fsp3) is 0.350. The van der Waals surface area contributed by atoms with Gasteiger partial charge in [0.1, 0.15) is 4.90 Å². The van der Waals surface area contributed by atoms with E-state index in [4.69, 9.17) is 11.6 Å². The molecular weight excluding hydrogens is 430 g/mol. The number of rotatable bonds is 6. The van der Waals surface area contributed by atoms with Gasteiger partial charge in [0.15, 0.2) is 0 Å². The van der Waals surface area contributed by atoms with Crippen LogP contribution in [0.15, 0.2) is 53.4 Å². The molecule has 2 aromatic rings. The lowest BCUT2D eigenvalue weighted by Gasteiger charge is -2.28. The largest absolute Gasteiger partial charge is 0.349 e. The normalized spacial score (nSPS) is 19.6. The van der Waals surface area contributed by atoms with Crippen LogP contribution in [0.2, 0.25) is 5.02 Å². The Morgan fingerprint density at radius 2 is 1.93 bits per heavy atom. The maximum Gasteiger partial charge on any atom is 0.310 e. The fourth-order valence-electron chi connectivity index (χ4n) is 3.30. The van der Waals surface area contributed by atoms with Gasteiger partial charge in [-0.25, -0.2) is 18.0 Å². The molecule has 1 heterocycles. The van der Waals surface area contributed by atoms with Crippen LogP contribution in [0.4, 0.5) is 0 Å². The lowest BCUT2D eigenvalue weighted by Crippen LogP contribution is -2.46. The lowest BCUT2D eigenvalue weighted by molar-refractivity contribution is -0.468. The van der Waals surface area contributed by atoms with E-state index in [1.54, 1.807) is 6.07 Å². The first kappa shape index (κ1) is 22.1. The Bertz CT molecular complexity index is 1020. The Labute approximate surface area is 181 Å². The summed E-state index contributed by atoms with van der Waals surface area (Å²) in [6.45, 7) is 2.69. The highest BCUT2D eigenvalue weighted by Crippen LogP contribution is 2.40. The minimum absolute atomic E-state index is 0.0413. The predicted molar refractivity (Wildman–Crippen MR) is 118 cm³/mol. The molecule has 0 aromatic heterocycles. The van der Waals surface area contributed by atoms with E-state index in [1.165, 1.54) is 23.9 Å². The van der Waals surface area contributed by atoms with Gasteiger partial charge in [-0.05, 0) is 36.4 Å². The molecule has 0 aliphatic carbocycles. The first-order chi connectivity index (χ1) is 13.7. The summed E-state index contributed by atoms with van der Waals surface area (Å²) in [6.07, 6.45) is 0. The average molecular weight is 455 g/mol. The van der Waals surface area contributed by atoms with E-state index in [0.29, 0.717) is 17.9 Å². The summed E-state index contributed by atoms with van der Waals surface area (Å²) in [5.74, 6) is 0.396. The van der Waals surface area contributed by atoms with Gasteiger partial charge in [-0.15, -0.1) is 0 Å². The maximum atomic E-state index is 12.9. The zero-order chi connectivity index (χ0) is 21.2. The highest BCUT2D eigenvalue weighted by Gasteiger charge is 2.51. The molecule has 0 radical (unpaired) electrons. The summed E-state index contributed by atoms with van der Waals surface area (Å²) in [7, 11) is -0.0203. The Kier molecular flexibility index (Phi) is 6.60. The van der Waals surface area contributed by atoms with Crippen molar-refractivity contribution in [3.05, 3.63) is 64.7 Å².